The third kappa shape index (κ3) is 3.40. The molecule has 2 rings (SSSR count). The maximum atomic E-state index is 11.8. The SMILES string of the molecule is O=C[C@H](Cc1ccccc1)[N]C(=O)[C@@H]1CCCN1. The van der Waals surface area contributed by atoms with E-state index < -0.39 is 6.04 Å². The van der Waals surface area contributed by atoms with E-state index in [9.17, 15) is 9.59 Å². The van der Waals surface area contributed by atoms with Crippen molar-refractivity contribution in [3.8, 4) is 0 Å². The lowest BCUT2D eigenvalue weighted by Gasteiger charge is -2.13. The molecule has 1 aliphatic heterocycles. The van der Waals surface area contributed by atoms with Crippen LogP contribution in [0.15, 0.2) is 30.3 Å². The van der Waals surface area contributed by atoms with Crippen molar-refractivity contribution in [2.75, 3.05) is 6.54 Å². The van der Waals surface area contributed by atoms with Crippen molar-refractivity contribution < 1.29 is 9.59 Å². The van der Waals surface area contributed by atoms with E-state index in [2.05, 4.69) is 10.6 Å². The van der Waals surface area contributed by atoms with Gasteiger partial charge in [0.2, 0.25) is 0 Å². The van der Waals surface area contributed by atoms with Gasteiger partial charge in [-0.15, -0.1) is 0 Å². The van der Waals surface area contributed by atoms with Gasteiger partial charge < -0.3 is 10.1 Å². The highest BCUT2D eigenvalue weighted by molar-refractivity contribution is 5.84. The van der Waals surface area contributed by atoms with Crippen LogP contribution < -0.4 is 10.6 Å². The van der Waals surface area contributed by atoms with Gasteiger partial charge in [0.05, 0.1) is 6.04 Å². The number of nitrogens with one attached hydrogen (secondary N) is 1. The van der Waals surface area contributed by atoms with Gasteiger partial charge in [-0.3, -0.25) is 4.79 Å². The highest BCUT2D eigenvalue weighted by atomic mass is 16.2. The summed E-state index contributed by atoms with van der Waals surface area (Å²) in [5.41, 5.74) is 1.02. The van der Waals surface area contributed by atoms with E-state index in [1.54, 1.807) is 0 Å². The van der Waals surface area contributed by atoms with E-state index in [1.807, 2.05) is 30.3 Å². The molecule has 1 radical (unpaired) electrons. The van der Waals surface area contributed by atoms with Crippen molar-refractivity contribution in [1.82, 2.24) is 10.6 Å². The minimum absolute atomic E-state index is 0.191. The third-order valence-corrected chi connectivity index (χ3v) is 3.10. The summed E-state index contributed by atoms with van der Waals surface area (Å²) < 4.78 is 0. The molecule has 95 valence electrons. The number of rotatable bonds is 5. The molecule has 0 saturated carbocycles. The lowest BCUT2D eigenvalue weighted by molar-refractivity contribution is -0.125. The monoisotopic (exact) mass is 245 g/mol. The van der Waals surface area contributed by atoms with Gasteiger partial charge in [0.1, 0.15) is 12.3 Å². The quantitative estimate of drug-likeness (QED) is 0.776. The number of carbonyl (C=O) groups excluding carboxylic acids is 2. The number of carbonyl (C=O) groups is 2. The van der Waals surface area contributed by atoms with Crippen LogP contribution in [0.25, 0.3) is 0 Å². The van der Waals surface area contributed by atoms with Crippen LogP contribution in [0.2, 0.25) is 0 Å². The average Bonchev–Trinajstić information content (AvgIpc) is 2.93. The zero-order valence-corrected chi connectivity index (χ0v) is 10.2. The molecule has 18 heavy (non-hydrogen) atoms. The minimum atomic E-state index is -0.567. The molecule has 2 atom stereocenters. The maximum Gasteiger partial charge on any atom is 0.258 e. The van der Waals surface area contributed by atoms with Gasteiger partial charge in [-0.25, -0.2) is 5.32 Å². The molecule has 0 aromatic heterocycles. The zero-order valence-electron chi connectivity index (χ0n) is 10.2. The van der Waals surface area contributed by atoms with Gasteiger partial charge in [-0.2, -0.15) is 0 Å². The molecule has 1 aromatic carbocycles. The van der Waals surface area contributed by atoms with Crippen molar-refractivity contribution in [3.63, 3.8) is 0 Å². The summed E-state index contributed by atoms with van der Waals surface area (Å²) in [4.78, 5) is 22.8. The first-order chi connectivity index (χ1) is 8.79. The van der Waals surface area contributed by atoms with Crippen LogP contribution in [-0.4, -0.2) is 30.8 Å². The molecule has 0 spiro atoms. The molecule has 1 fully saturated rings. The van der Waals surface area contributed by atoms with E-state index >= 15 is 0 Å². The molecular weight excluding hydrogens is 228 g/mol. The summed E-state index contributed by atoms with van der Waals surface area (Å²) in [5.74, 6) is -0.194. The molecule has 1 aliphatic rings. The number of amides is 1. The van der Waals surface area contributed by atoms with Gasteiger partial charge >= 0.3 is 0 Å². The van der Waals surface area contributed by atoms with Crippen LogP contribution in [-0.2, 0) is 16.0 Å². The van der Waals surface area contributed by atoms with Crippen molar-refractivity contribution in [1.29, 1.82) is 0 Å². The molecular formula is C14H17N2O2. The average molecular weight is 245 g/mol. The Kier molecular flexibility index (Phi) is 4.47. The number of hydrogen-bond acceptors (Lipinski definition) is 3. The zero-order chi connectivity index (χ0) is 12.8. The second-order valence-corrected chi connectivity index (χ2v) is 4.51. The summed E-state index contributed by atoms with van der Waals surface area (Å²) in [7, 11) is 0. The fourth-order valence-electron chi connectivity index (χ4n) is 2.13. The normalized spacial score (nSPS) is 20.3. The molecule has 1 aromatic rings. The Morgan fingerprint density at radius 3 is 2.83 bits per heavy atom. The van der Waals surface area contributed by atoms with Crippen LogP contribution in [0.5, 0.6) is 0 Å². The van der Waals surface area contributed by atoms with Gasteiger partial charge in [-0.1, -0.05) is 30.3 Å². The van der Waals surface area contributed by atoms with Crippen molar-refractivity contribution >= 4 is 12.2 Å². The van der Waals surface area contributed by atoms with E-state index in [1.165, 1.54) is 0 Å². The second-order valence-electron chi connectivity index (χ2n) is 4.51. The minimum Gasteiger partial charge on any atom is -0.306 e. The molecule has 0 unspecified atom stereocenters. The van der Waals surface area contributed by atoms with Crippen molar-refractivity contribution in [2.24, 2.45) is 0 Å². The first-order valence-electron chi connectivity index (χ1n) is 6.27. The predicted molar refractivity (Wildman–Crippen MR) is 68.2 cm³/mol. The van der Waals surface area contributed by atoms with E-state index in [0.717, 1.165) is 31.2 Å². The van der Waals surface area contributed by atoms with Gasteiger partial charge in [0, 0.05) is 6.42 Å². The Balaban J connectivity index is 1.89. The fraction of sp³-hybridized carbons (Fsp3) is 0.429. The van der Waals surface area contributed by atoms with Crippen LogP contribution in [0.4, 0.5) is 0 Å². The molecule has 1 saturated heterocycles. The summed E-state index contributed by atoms with van der Waals surface area (Å²) in [6, 6.07) is 8.86. The smallest absolute Gasteiger partial charge is 0.258 e. The summed E-state index contributed by atoms with van der Waals surface area (Å²) in [6.07, 6.45) is 3.05. The Bertz CT molecular complexity index is 400. The Morgan fingerprint density at radius 1 is 1.44 bits per heavy atom. The predicted octanol–water partition coefficient (Wildman–Crippen LogP) is 0.680. The van der Waals surface area contributed by atoms with Gasteiger partial charge in [0.25, 0.3) is 5.91 Å². The molecule has 4 heteroatoms. The molecule has 1 N–H and O–H groups in total. The van der Waals surface area contributed by atoms with E-state index in [-0.39, 0.29) is 11.9 Å². The lowest BCUT2D eigenvalue weighted by atomic mass is 10.1. The maximum absolute atomic E-state index is 11.8. The third-order valence-electron chi connectivity index (χ3n) is 3.10. The van der Waals surface area contributed by atoms with Crippen molar-refractivity contribution in [2.45, 2.75) is 31.3 Å². The first kappa shape index (κ1) is 12.8. The lowest BCUT2D eigenvalue weighted by Crippen LogP contribution is -2.41. The van der Waals surface area contributed by atoms with Crippen LogP contribution >= 0.6 is 0 Å². The highest BCUT2D eigenvalue weighted by Crippen LogP contribution is 2.07. The number of aldehydes is 1. The number of nitrogens with zero attached hydrogens (tertiary/aromatic N) is 1. The summed E-state index contributed by atoms with van der Waals surface area (Å²) >= 11 is 0. The van der Waals surface area contributed by atoms with Crippen LogP contribution in [0.1, 0.15) is 18.4 Å². The topological polar surface area (TPSA) is 60.3 Å². The van der Waals surface area contributed by atoms with Crippen molar-refractivity contribution in [3.05, 3.63) is 35.9 Å². The molecule has 1 amide bonds. The highest BCUT2D eigenvalue weighted by Gasteiger charge is 2.25. The summed E-state index contributed by atoms with van der Waals surface area (Å²) in [5, 5.41) is 7.09. The standard InChI is InChI=1S/C14H17N2O2/c17-10-12(9-11-5-2-1-3-6-11)16-14(18)13-7-4-8-15-13/h1-3,5-6,10,12-13,15H,4,7-9H2/t12-,13-/m0/s1. The summed E-state index contributed by atoms with van der Waals surface area (Å²) in [6.45, 7) is 0.858. The van der Waals surface area contributed by atoms with Crippen LogP contribution in [0.3, 0.4) is 0 Å². The largest absolute Gasteiger partial charge is 0.306 e. The van der Waals surface area contributed by atoms with Gasteiger partial charge in [0.15, 0.2) is 0 Å². The number of hydrogen-bond donors (Lipinski definition) is 1. The second kappa shape index (κ2) is 6.31. The molecule has 0 aliphatic carbocycles. The number of benzene rings is 1. The Morgan fingerprint density at radius 2 is 2.22 bits per heavy atom. The fourth-order valence-corrected chi connectivity index (χ4v) is 2.13. The molecule has 0 bridgehead atoms. The van der Waals surface area contributed by atoms with E-state index in [0.29, 0.717) is 6.42 Å². The first-order valence-corrected chi connectivity index (χ1v) is 6.27. The van der Waals surface area contributed by atoms with Crippen LogP contribution in [0, 0.1) is 0 Å². The molecule has 4 nitrogen and oxygen atoms in total. The Hall–Kier alpha value is -1.68. The van der Waals surface area contributed by atoms with E-state index in [4.69, 9.17) is 0 Å². The van der Waals surface area contributed by atoms with Gasteiger partial charge in [-0.05, 0) is 24.9 Å². The Labute approximate surface area is 107 Å². The molecule has 1 heterocycles.